The highest BCUT2D eigenvalue weighted by Gasteiger charge is 1.99. The van der Waals surface area contributed by atoms with E-state index in [0.717, 1.165) is 24.3 Å². The molecule has 0 aliphatic carbocycles. The van der Waals surface area contributed by atoms with Crippen LogP contribution in [0.1, 0.15) is 12.0 Å². The molecule has 0 atom stereocenters. The van der Waals surface area contributed by atoms with E-state index in [9.17, 15) is 0 Å². The maximum atomic E-state index is 5.83. The number of nitrogens with zero attached hydrogens (tertiary/aromatic N) is 1. The van der Waals surface area contributed by atoms with E-state index in [1.165, 1.54) is 0 Å². The van der Waals surface area contributed by atoms with Gasteiger partial charge in [-0.2, -0.15) is 0 Å². The van der Waals surface area contributed by atoms with Crippen molar-refractivity contribution in [1.82, 2.24) is 4.98 Å². The molecule has 0 unspecified atom stereocenters. The average Bonchev–Trinajstić information content (AvgIpc) is 2.30. The Morgan fingerprint density at radius 3 is 2.88 bits per heavy atom. The van der Waals surface area contributed by atoms with Crippen molar-refractivity contribution in [2.24, 2.45) is 0 Å². The predicted octanol–water partition coefficient (Wildman–Crippen LogP) is 1.44. The minimum absolute atomic E-state index is 0.639. The van der Waals surface area contributed by atoms with E-state index in [4.69, 9.17) is 15.2 Å². The quantitative estimate of drug-likeness (QED) is 0.672. The van der Waals surface area contributed by atoms with Crippen LogP contribution >= 0.6 is 0 Å². The average molecular weight is 239 g/mol. The van der Waals surface area contributed by atoms with Crippen LogP contribution in [0.4, 0.5) is 11.5 Å². The van der Waals surface area contributed by atoms with Crippen molar-refractivity contribution in [2.75, 3.05) is 44.5 Å². The first-order valence-corrected chi connectivity index (χ1v) is 5.76. The number of nitrogen functional groups attached to an aromatic ring is 1. The normalized spacial score (nSPS) is 10.5. The highest BCUT2D eigenvalue weighted by molar-refractivity contribution is 5.61. The van der Waals surface area contributed by atoms with Crippen LogP contribution in [0, 0.1) is 6.92 Å². The first kappa shape index (κ1) is 13.7. The van der Waals surface area contributed by atoms with Gasteiger partial charge in [0.05, 0.1) is 18.9 Å². The van der Waals surface area contributed by atoms with Crippen molar-refractivity contribution in [3.63, 3.8) is 0 Å². The number of hydrogen-bond acceptors (Lipinski definition) is 5. The molecule has 0 aromatic carbocycles. The van der Waals surface area contributed by atoms with Gasteiger partial charge in [-0.05, 0) is 25.0 Å². The summed E-state index contributed by atoms with van der Waals surface area (Å²) in [5.41, 5.74) is 7.58. The van der Waals surface area contributed by atoms with E-state index in [-0.39, 0.29) is 0 Å². The number of nitrogens with two attached hydrogens (primary N) is 1. The fraction of sp³-hybridized carbons (Fsp3) is 0.583. The lowest BCUT2D eigenvalue weighted by molar-refractivity contribution is 0.0705. The second-order valence-electron chi connectivity index (χ2n) is 3.84. The highest BCUT2D eigenvalue weighted by atomic mass is 16.5. The van der Waals surface area contributed by atoms with Crippen LogP contribution in [0.3, 0.4) is 0 Å². The van der Waals surface area contributed by atoms with E-state index in [0.29, 0.717) is 25.5 Å². The zero-order chi connectivity index (χ0) is 12.5. The number of ether oxygens (including phenoxy) is 2. The van der Waals surface area contributed by atoms with Crippen LogP contribution in [-0.4, -0.2) is 38.5 Å². The number of pyridine rings is 1. The molecule has 1 aromatic rings. The van der Waals surface area contributed by atoms with E-state index >= 15 is 0 Å². The molecule has 0 spiro atoms. The third-order valence-electron chi connectivity index (χ3n) is 2.24. The molecule has 96 valence electrons. The number of anilines is 2. The monoisotopic (exact) mass is 239 g/mol. The molecule has 0 aliphatic heterocycles. The molecule has 17 heavy (non-hydrogen) atoms. The van der Waals surface area contributed by atoms with Gasteiger partial charge >= 0.3 is 0 Å². The second-order valence-corrected chi connectivity index (χ2v) is 3.84. The number of nitrogens with one attached hydrogen (secondary N) is 1. The molecule has 3 N–H and O–H groups in total. The molecule has 1 aromatic heterocycles. The zero-order valence-corrected chi connectivity index (χ0v) is 10.5. The highest BCUT2D eigenvalue weighted by Crippen LogP contribution is 2.15. The van der Waals surface area contributed by atoms with Gasteiger partial charge in [0.15, 0.2) is 0 Å². The van der Waals surface area contributed by atoms with Gasteiger partial charge in [0, 0.05) is 26.5 Å². The summed E-state index contributed by atoms with van der Waals surface area (Å²) in [6.07, 6.45) is 2.71. The van der Waals surface area contributed by atoms with E-state index in [2.05, 4.69) is 10.3 Å². The van der Waals surface area contributed by atoms with Gasteiger partial charge in [0.1, 0.15) is 5.82 Å². The summed E-state index contributed by atoms with van der Waals surface area (Å²) in [5.74, 6) is 0.743. The molecular formula is C12H21N3O2. The number of rotatable bonds is 8. The molecule has 0 amide bonds. The zero-order valence-electron chi connectivity index (χ0n) is 10.5. The van der Waals surface area contributed by atoms with Crippen molar-refractivity contribution in [3.8, 4) is 0 Å². The van der Waals surface area contributed by atoms with Crippen LogP contribution in [-0.2, 0) is 9.47 Å². The smallest absolute Gasteiger partial charge is 0.149 e. The third-order valence-corrected chi connectivity index (χ3v) is 2.24. The second kappa shape index (κ2) is 7.86. The first-order valence-electron chi connectivity index (χ1n) is 5.76. The van der Waals surface area contributed by atoms with E-state index in [1.807, 2.05) is 13.0 Å². The predicted molar refractivity (Wildman–Crippen MR) is 69.2 cm³/mol. The van der Waals surface area contributed by atoms with E-state index in [1.54, 1.807) is 13.3 Å². The summed E-state index contributed by atoms with van der Waals surface area (Å²) in [4.78, 5) is 4.23. The maximum absolute atomic E-state index is 5.83. The molecule has 1 heterocycles. The molecule has 5 nitrogen and oxygen atoms in total. The number of hydrogen-bond donors (Lipinski definition) is 2. The molecule has 0 radical (unpaired) electrons. The van der Waals surface area contributed by atoms with Gasteiger partial charge in [-0.15, -0.1) is 0 Å². The van der Waals surface area contributed by atoms with Crippen molar-refractivity contribution < 1.29 is 9.47 Å². The SMILES string of the molecule is COCCOCCCNc1ncc(C)cc1N. The number of methoxy groups -OCH3 is 1. The molecular weight excluding hydrogens is 218 g/mol. The fourth-order valence-electron chi connectivity index (χ4n) is 1.36. The van der Waals surface area contributed by atoms with Crippen molar-refractivity contribution in [1.29, 1.82) is 0 Å². The molecule has 0 aliphatic rings. The molecule has 0 saturated heterocycles. The van der Waals surface area contributed by atoms with Crippen molar-refractivity contribution >= 4 is 11.5 Å². The first-order chi connectivity index (χ1) is 8.24. The Morgan fingerprint density at radius 2 is 2.18 bits per heavy atom. The van der Waals surface area contributed by atoms with Crippen LogP contribution in [0.2, 0.25) is 0 Å². The fourth-order valence-corrected chi connectivity index (χ4v) is 1.36. The summed E-state index contributed by atoms with van der Waals surface area (Å²) in [7, 11) is 1.66. The topological polar surface area (TPSA) is 69.4 Å². The van der Waals surface area contributed by atoms with E-state index < -0.39 is 0 Å². The molecule has 5 heteroatoms. The van der Waals surface area contributed by atoms with Crippen LogP contribution in [0.15, 0.2) is 12.3 Å². The van der Waals surface area contributed by atoms with Gasteiger partial charge in [0.2, 0.25) is 0 Å². The largest absolute Gasteiger partial charge is 0.396 e. The lowest BCUT2D eigenvalue weighted by atomic mass is 10.3. The molecule has 0 saturated carbocycles. The Balaban J connectivity index is 2.14. The number of aromatic nitrogens is 1. The summed E-state index contributed by atoms with van der Waals surface area (Å²) in [5, 5.41) is 3.18. The standard InChI is InChI=1S/C12H21N3O2/c1-10-8-11(13)12(15-9-10)14-4-3-5-17-7-6-16-2/h8-9H,3-7,13H2,1-2H3,(H,14,15). The van der Waals surface area contributed by atoms with Crippen LogP contribution in [0.5, 0.6) is 0 Å². The Kier molecular flexibility index (Phi) is 6.35. The Bertz CT molecular complexity index is 332. The summed E-state index contributed by atoms with van der Waals surface area (Å²) >= 11 is 0. The lowest BCUT2D eigenvalue weighted by Gasteiger charge is -2.08. The molecule has 0 bridgehead atoms. The summed E-state index contributed by atoms with van der Waals surface area (Å²) in [6, 6.07) is 1.91. The van der Waals surface area contributed by atoms with Crippen molar-refractivity contribution in [2.45, 2.75) is 13.3 Å². The van der Waals surface area contributed by atoms with Gasteiger partial charge in [-0.25, -0.2) is 4.98 Å². The molecule has 0 fully saturated rings. The minimum Gasteiger partial charge on any atom is -0.396 e. The third kappa shape index (κ3) is 5.51. The van der Waals surface area contributed by atoms with Gasteiger partial charge in [-0.3, -0.25) is 0 Å². The lowest BCUT2D eigenvalue weighted by Crippen LogP contribution is -2.10. The summed E-state index contributed by atoms with van der Waals surface area (Å²) < 4.78 is 10.2. The Labute approximate surface area is 102 Å². The van der Waals surface area contributed by atoms with Gasteiger partial charge < -0.3 is 20.5 Å². The Hall–Kier alpha value is -1.33. The summed E-state index contributed by atoms with van der Waals surface area (Å²) in [6.45, 7) is 4.76. The van der Waals surface area contributed by atoms with Gasteiger partial charge in [-0.1, -0.05) is 0 Å². The van der Waals surface area contributed by atoms with Crippen LogP contribution in [0.25, 0.3) is 0 Å². The molecule has 1 rings (SSSR count). The van der Waals surface area contributed by atoms with Crippen LogP contribution < -0.4 is 11.1 Å². The Morgan fingerprint density at radius 1 is 1.35 bits per heavy atom. The van der Waals surface area contributed by atoms with Crippen molar-refractivity contribution in [3.05, 3.63) is 17.8 Å². The minimum atomic E-state index is 0.639. The van der Waals surface area contributed by atoms with Gasteiger partial charge in [0.25, 0.3) is 0 Å². The number of aryl methyl sites for hydroxylation is 1. The maximum Gasteiger partial charge on any atom is 0.149 e.